The van der Waals surface area contributed by atoms with Crippen molar-refractivity contribution in [3.05, 3.63) is 42.7 Å². The summed E-state index contributed by atoms with van der Waals surface area (Å²) in [6.45, 7) is 4.76. The smallest absolute Gasteiger partial charge is 0.240 e. The van der Waals surface area contributed by atoms with Crippen molar-refractivity contribution in [3.8, 4) is 5.75 Å². The Kier molecular flexibility index (Phi) is 6.63. The number of nitrogens with zero attached hydrogens (tertiary/aromatic N) is 3. The Hall–Kier alpha value is -2.19. The van der Waals surface area contributed by atoms with E-state index >= 15 is 0 Å². The molecule has 2 heterocycles. The van der Waals surface area contributed by atoms with Crippen LogP contribution >= 0.6 is 0 Å². The average molecular weight is 391 g/mol. The molecule has 3 rings (SSSR count). The molecule has 0 atom stereocenters. The molecule has 0 unspecified atom stereocenters. The summed E-state index contributed by atoms with van der Waals surface area (Å²) < 4.78 is 33.2. The number of piperidine rings is 1. The Morgan fingerprint density at radius 3 is 2.44 bits per heavy atom. The maximum atomic E-state index is 12.5. The van der Waals surface area contributed by atoms with Crippen LogP contribution in [0, 0.1) is 5.92 Å². The second-order valence-electron chi connectivity index (χ2n) is 6.65. The van der Waals surface area contributed by atoms with Crippen LogP contribution in [-0.4, -0.2) is 44.6 Å². The molecular weight excluding hydrogens is 364 g/mol. The minimum absolute atomic E-state index is 0.265. The number of nitrogens with one attached hydrogen (secondary N) is 1. The van der Waals surface area contributed by atoms with E-state index < -0.39 is 10.0 Å². The Labute approximate surface area is 160 Å². The molecule has 1 aliphatic heterocycles. The van der Waals surface area contributed by atoms with Gasteiger partial charge >= 0.3 is 0 Å². The number of hydrogen-bond acceptors (Lipinski definition) is 6. The van der Waals surface area contributed by atoms with E-state index in [0.29, 0.717) is 24.8 Å². The number of sulfonamides is 1. The summed E-state index contributed by atoms with van der Waals surface area (Å²) in [4.78, 5) is 10.9. The summed E-state index contributed by atoms with van der Waals surface area (Å²) in [5, 5.41) is 0. The van der Waals surface area contributed by atoms with Gasteiger partial charge < -0.3 is 9.64 Å². The van der Waals surface area contributed by atoms with E-state index in [4.69, 9.17) is 4.74 Å². The lowest BCUT2D eigenvalue weighted by Gasteiger charge is -2.31. The van der Waals surface area contributed by atoms with Crippen molar-refractivity contribution >= 4 is 16.0 Å². The molecule has 0 amide bonds. The van der Waals surface area contributed by atoms with Crippen LogP contribution in [0.5, 0.6) is 5.75 Å². The molecule has 7 nitrogen and oxygen atoms in total. The van der Waals surface area contributed by atoms with E-state index in [2.05, 4.69) is 19.6 Å². The third-order valence-corrected chi connectivity index (χ3v) is 6.06. The molecule has 1 aliphatic rings. The van der Waals surface area contributed by atoms with E-state index in [1.54, 1.807) is 42.7 Å². The van der Waals surface area contributed by atoms with Gasteiger partial charge in [-0.1, -0.05) is 6.92 Å². The molecule has 1 N–H and O–H groups in total. The maximum absolute atomic E-state index is 12.5. The third-order valence-electron chi connectivity index (χ3n) is 4.62. The highest BCUT2D eigenvalue weighted by atomic mass is 32.2. The summed E-state index contributed by atoms with van der Waals surface area (Å²) in [5.41, 5.74) is 0. The molecule has 1 fully saturated rings. The molecule has 0 saturated carbocycles. The van der Waals surface area contributed by atoms with Crippen LogP contribution in [0.4, 0.5) is 5.95 Å². The van der Waals surface area contributed by atoms with Crippen molar-refractivity contribution in [2.24, 2.45) is 5.92 Å². The highest BCUT2D eigenvalue weighted by Gasteiger charge is 2.23. The second-order valence-corrected chi connectivity index (χ2v) is 8.42. The van der Waals surface area contributed by atoms with Gasteiger partial charge in [-0.05, 0) is 55.5 Å². The lowest BCUT2D eigenvalue weighted by molar-refractivity contribution is 0.317. The quantitative estimate of drug-likeness (QED) is 0.745. The number of anilines is 1. The molecule has 1 saturated heterocycles. The largest absolute Gasteiger partial charge is 0.494 e. The average Bonchev–Trinajstić information content (AvgIpc) is 2.72. The van der Waals surface area contributed by atoms with Crippen LogP contribution in [0.25, 0.3) is 0 Å². The van der Waals surface area contributed by atoms with Gasteiger partial charge in [-0.25, -0.2) is 23.1 Å². The first kappa shape index (κ1) is 19.6. The van der Waals surface area contributed by atoms with Gasteiger partial charge in [-0.15, -0.1) is 0 Å². The first-order valence-corrected chi connectivity index (χ1v) is 10.8. The molecule has 0 aliphatic carbocycles. The molecule has 146 valence electrons. The zero-order valence-corrected chi connectivity index (χ0v) is 16.4. The van der Waals surface area contributed by atoms with Crippen LogP contribution in [0.3, 0.4) is 0 Å². The Balaban J connectivity index is 1.49. The van der Waals surface area contributed by atoms with Gasteiger partial charge in [0, 0.05) is 32.0 Å². The lowest BCUT2D eigenvalue weighted by atomic mass is 9.97. The molecule has 0 spiro atoms. The van der Waals surface area contributed by atoms with Crippen molar-refractivity contribution in [1.29, 1.82) is 0 Å². The fraction of sp³-hybridized carbons (Fsp3) is 0.474. The van der Waals surface area contributed by atoms with Crippen molar-refractivity contribution in [2.75, 3.05) is 31.1 Å². The minimum atomic E-state index is -3.51. The van der Waals surface area contributed by atoms with Crippen molar-refractivity contribution in [2.45, 2.75) is 31.1 Å². The van der Waals surface area contributed by atoms with Gasteiger partial charge in [-0.3, -0.25) is 0 Å². The maximum Gasteiger partial charge on any atom is 0.240 e. The van der Waals surface area contributed by atoms with Crippen LogP contribution in [0.2, 0.25) is 0 Å². The van der Waals surface area contributed by atoms with Gasteiger partial charge in [0.15, 0.2) is 0 Å². The standard InChI is InChI=1S/C19H26N4O3S/c1-2-14-26-17-4-6-18(7-5-17)27(24,25)22-15-16-8-12-23(13-9-16)19-20-10-3-11-21-19/h3-7,10-11,16,22H,2,8-9,12-15H2,1H3. The van der Waals surface area contributed by atoms with Gasteiger partial charge in [0.2, 0.25) is 16.0 Å². The number of aromatic nitrogens is 2. The highest BCUT2D eigenvalue weighted by Crippen LogP contribution is 2.21. The van der Waals surface area contributed by atoms with Crippen molar-refractivity contribution in [1.82, 2.24) is 14.7 Å². The summed E-state index contributed by atoms with van der Waals surface area (Å²) in [6, 6.07) is 8.37. The summed E-state index contributed by atoms with van der Waals surface area (Å²) >= 11 is 0. The van der Waals surface area contributed by atoms with Gasteiger partial charge in [0.1, 0.15) is 5.75 Å². The van der Waals surface area contributed by atoms with E-state index in [1.807, 2.05) is 6.92 Å². The van der Waals surface area contributed by atoms with Crippen LogP contribution < -0.4 is 14.4 Å². The number of benzene rings is 1. The molecule has 1 aromatic carbocycles. The number of rotatable bonds is 8. The van der Waals surface area contributed by atoms with E-state index in [0.717, 1.165) is 38.3 Å². The van der Waals surface area contributed by atoms with Crippen molar-refractivity contribution in [3.63, 3.8) is 0 Å². The Morgan fingerprint density at radius 1 is 1.15 bits per heavy atom. The molecule has 8 heteroatoms. The van der Waals surface area contributed by atoms with Crippen molar-refractivity contribution < 1.29 is 13.2 Å². The number of hydrogen-bond donors (Lipinski definition) is 1. The van der Waals surface area contributed by atoms with Gasteiger partial charge in [-0.2, -0.15) is 0 Å². The fourth-order valence-corrected chi connectivity index (χ4v) is 4.15. The predicted octanol–water partition coefficient (Wildman–Crippen LogP) is 2.46. The molecule has 0 bridgehead atoms. The van der Waals surface area contributed by atoms with Gasteiger partial charge in [0.05, 0.1) is 11.5 Å². The summed E-state index contributed by atoms with van der Waals surface area (Å²) in [7, 11) is -3.51. The first-order valence-electron chi connectivity index (χ1n) is 9.33. The molecule has 2 aromatic rings. The topological polar surface area (TPSA) is 84.4 Å². The highest BCUT2D eigenvalue weighted by molar-refractivity contribution is 7.89. The SMILES string of the molecule is CCCOc1ccc(S(=O)(=O)NCC2CCN(c3ncccn3)CC2)cc1. The summed E-state index contributed by atoms with van der Waals surface area (Å²) in [5.74, 6) is 1.74. The molecule has 27 heavy (non-hydrogen) atoms. The minimum Gasteiger partial charge on any atom is -0.494 e. The Bertz CT molecular complexity index is 805. The second kappa shape index (κ2) is 9.14. The number of ether oxygens (including phenoxy) is 1. The van der Waals surface area contributed by atoms with E-state index in [-0.39, 0.29) is 4.90 Å². The third kappa shape index (κ3) is 5.40. The van der Waals surface area contributed by atoms with Gasteiger partial charge in [0.25, 0.3) is 0 Å². The van der Waals surface area contributed by atoms with Crippen LogP contribution in [0.15, 0.2) is 47.6 Å². The Morgan fingerprint density at radius 2 is 1.81 bits per heavy atom. The zero-order chi connectivity index (χ0) is 19.1. The normalized spacial score (nSPS) is 15.7. The molecule has 1 aromatic heterocycles. The summed E-state index contributed by atoms with van der Waals surface area (Å²) in [6.07, 6.45) is 6.20. The first-order chi connectivity index (χ1) is 13.1. The predicted molar refractivity (Wildman–Crippen MR) is 104 cm³/mol. The monoisotopic (exact) mass is 390 g/mol. The van der Waals surface area contributed by atoms with E-state index in [9.17, 15) is 8.42 Å². The van der Waals surface area contributed by atoms with E-state index in [1.165, 1.54) is 0 Å². The zero-order valence-electron chi connectivity index (χ0n) is 15.5. The van der Waals surface area contributed by atoms with Crippen LogP contribution in [-0.2, 0) is 10.0 Å². The lowest BCUT2D eigenvalue weighted by Crippen LogP contribution is -2.39. The van der Waals surface area contributed by atoms with Crippen LogP contribution in [0.1, 0.15) is 26.2 Å². The molecule has 0 radical (unpaired) electrons. The fourth-order valence-electron chi connectivity index (χ4n) is 3.04. The molecular formula is C19H26N4O3S.